The maximum Gasteiger partial charge on any atom is 0.143 e. The van der Waals surface area contributed by atoms with E-state index in [-0.39, 0.29) is 132 Å². The van der Waals surface area contributed by atoms with Gasteiger partial charge in [-0.15, -0.1) is 32.8 Å². The molecule has 0 spiro atoms. The van der Waals surface area contributed by atoms with E-state index in [9.17, 15) is 0 Å². The molecule has 0 aliphatic rings. The van der Waals surface area contributed by atoms with Gasteiger partial charge in [-0.05, 0) is 63.0 Å². The van der Waals surface area contributed by atoms with E-state index in [1.807, 2.05) is 66.7 Å². The van der Waals surface area contributed by atoms with Crippen molar-refractivity contribution in [1.82, 2.24) is 0 Å². The summed E-state index contributed by atoms with van der Waals surface area (Å²) in [6.07, 6.45) is 0. The molecule has 8 aromatic carbocycles. The summed E-state index contributed by atoms with van der Waals surface area (Å²) >= 11 is 0. The van der Waals surface area contributed by atoms with Gasteiger partial charge in [0.15, 0.2) is 0 Å². The second kappa shape index (κ2) is 16.8. The summed E-state index contributed by atoms with van der Waals surface area (Å²) in [6, 6.07) is 25.3. The van der Waals surface area contributed by atoms with Crippen LogP contribution in [0.2, 0.25) is 0 Å². The van der Waals surface area contributed by atoms with Crippen molar-refractivity contribution in [2.75, 3.05) is 4.90 Å². The van der Waals surface area contributed by atoms with Crippen LogP contribution in [-0.2, 0) is 0 Å². The number of nitrogens with zero attached hydrogens (tertiary/aromatic N) is 1. The molecule has 1 aromatic heterocycles. The van der Waals surface area contributed by atoms with Crippen LogP contribution in [-0.4, -0.2) is 141 Å². The van der Waals surface area contributed by atoms with Gasteiger partial charge in [-0.1, -0.05) is 120 Å². The van der Waals surface area contributed by atoms with E-state index in [2.05, 4.69) is 6.07 Å². The van der Waals surface area contributed by atoms with Crippen LogP contribution in [0.5, 0.6) is 0 Å². The molecule has 0 N–H and O–H groups in total. The number of fused-ring (bicyclic) bond motifs is 5. The van der Waals surface area contributed by atoms with Crippen LogP contribution in [0.1, 0.15) is 0 Å². The predicted molar refractivity (Wildman–Crippen MR) is 299 cm³/mol. The molecule has 0 aliphatic carbocycles. The maximum absolute atomic E-state index is 7.07. The second-order valence-corrected chi connectivity index (χ2v) is 16.0. The highest BCUT2D eigenvalue weighted by molar-refractivity contribution is 6.73. The van der Waals surface area contributed by atoms with Crippen molar-refractivity contribution in [3.8, 4) is 33.4 Å². The van der Waals surface area contributed by atoms with Crippen LogP contribution in [0, 0.1) is 0 Å². The molecule has 20 heteroatoms. The van der Waals surface area contributed by atoms with Crippen molar-refractivity contribution in [1.29, 1.82) is 0 Å². The predicted octanol–water partition coefficient (Wildman–Crippen LogP) is -8.50. The van der Waals surface area contributed by atoms with Gasteiger partial charge < -0.3 is 9.32 Å². The molecule has 2 nitrogen and oxygen atoms in total. The lowest BCUT2D eigenvalue weighted by molar-refractivity contribution is 0.673. The van der Waals surface area contributed by atoms with Gasteiger partial charge in [0.05, 0.1) is 0 Å². The fourth-order valence-corrected chi connectivity index (χ4v) is 8.86. The second-order valence-electron chi connectivity index (χ2n) is 16.0. The van der Waals surface area contributed by atoms with E-state index >= 15 is 0 Å². The van der Waals surface area contributed by atoms with Crippen LogP contribution in [0.3, 0.4) is 0 Å². The smallest absolute Gasteiger partial charge is 0.143 e. The minimum absolute atomic E-state index is 0.00277. The summed E-state index contributed by atoms with van der Waals surface area (Å²) in [5.41, 5.74) is 2.13. The SMILES string of the molecule is [B]c1c([B])c([B])c(-c2c([B])c([B])c(-c3c([B])c([B])c(N(c4cccc(-c5cccc6oc7c8ccccc8ccc7c56)c4)c4c([B])c([B])c([B])c([B])c4[B])c([B])c3[B])c([B])c2[B])c([B])c1[B]. The highest BCUT2D eigenvalue weighted by Gasteiger charge is 2.28. The summed E-state index contributed by atoms with van der Waals surface area (Å²) in [7, 11) is 119. The van der Waals surface area contributed by atoms with E-state index in [1.165, 1.54) is 0 Å². The average molecular weight is 790 g/mol. The fraction of sp³-hybridized carbons (Fsp3) is 0. The Morgan fingerprint density at radius 3 is 1.26 bits per heavy atom. The van der Waals surface area contributed by atoms with Crippen molar-refractivity contribution in [3.05, 3.63) is 78.9 Å². The van der Waals surface area contributed by atoms with Crippen molar-refractivity contribution in [2.45, 2.75) is 0 Å². The largest absolute Gasteiger partial charge is 0.455 e. The van der Waals surface area contributed by atoms with Crippen LogP contribution in [0.4, 0.5) is 17.1 Å². The molecule has 0 aliphatic heterocycles. The van der Waals surface area contributed by atoms with Crippen molar-refractivity contribution in [2.24, 2.45) is 0 Å². The first kappa shape index (κ1) is 45.9. The molecule has 9 rings (SSSR count). The Labute approximate surface area is 408 Å². The van der Waals surface area contributed by atoms with Gasteiger partial charge in [0.1, 0.15) is 152 Å². The molecule has 0 fully saturated rings. The monoisotopic (exact) mass is 793 g/mol. The molecule has 9 aromatic rings. The molecule has 0 amide bonds. The quantitative estimate of drug-likeness (QED) is 0.156. The van der Waals surface area contributed by atoms with Gasteiger partial charge >= 0.3 is 0 Å². The third kappa shape index (κ3) is 6.73. The lowest BCUT2D eigenvalue weighted by Gasteiger charge is -2.37. The average Bonchev–Trinajstić information content (AvgIpc) is 3.71. The Morgan fingerprint density at radius 1 is 0.333 bits per heavy atom. The van der Waals surface area contributed by atoms with Gasteiger partial charge in [0, 0.05) is 33.2 Å². The molecule has 36 radical (unpaired) electrons. The van der Waals surface area contributed by atoms with E-state index in [0.717, 1.165) is 38.3 Å². The Morgan fingerprint density at radius 2 is 0.742 bits per heavy atom. The summed E-state index contributed by atoms with van der Waals surface area (Å²) < 4.78 is 6.50. The van der Waals surface area contributed by atoms with E-state index in [4.69, 9.17) is 146 Å². The van der Waals surface area contributed by atoms with Crippen molar-refractivity contribution in [3.63, 3.8) is 0 Å². The zero-order valence-corrected chi connectivity index (χ0v) is 35.3. The first-order valence-corrected chi connectivity index (χ1v) is 20.1. The third-order valence-corrected chi connectivity index (χ3v) is 12.4. The van der Waals surface area contributed by atoms with Crippen molar-refractivity contribution < 1.29 is 4.42 Å². The Hall–Kier alpha value is -5.21. The summed E-state index contributed by atoms with van der Waals surface area (Å²) in [5, 5.41) is 3.81. The summed E-state index contributed by atoms with van der Waals surface area (Å²) in [4.78, 5) is 1.56. The molecule has 0 unspecified atom stereocenters. The van der Waals surface area contributed by atoms with Gasteiger partial charge in [0.25, 0.3) is 0 Å². The lowest BCUT2D eigenvalue weighted by atomic mass is 9.55. The molecule has 0 bridgehead atoms. The van der Waals surface area contributed by atoms with Crippen LogP contribution < -0.4 is 103 Å². The van der Waals surface area contributed by atoms with Gasteiger partial charge in [-0.3, -0.25) is 0 Å². The highest BCUT2D eigenvalue weighted by atomic mass is 16.3. The van der Waals surface area contributed by atoms with Crippen LogP contribution >= 0.6 is 0 Å². The molecule has 1 heterocycles. The first-order chi connectivity index (χ1) is 31.3. The maximum atomic E-state index is 7.07. The zero-order chi connectivity index (χ0) is 47.5. The molecular weight excluding hydrogens is 777 g/mol. The Bertz CT molecular complexity index is 3490. The van der Waals surface area contributed by atoms with Gasteiger partial charge in [0.2, 0.25) is 0 Å². The fourth-order valence-electron chi connectivity index (χ4n) is 8.86. The lowest BCUT2D eigenvalue weighted by Crippen LogP contribution is -2.57. The molecule has 0 atom stereocenters. The topological polar surface area (TPSA) is 16.4 Å². The van der Waals surface area contributed by atoms with Gasteiger partial charge in [-0.25, -0.2) is 0 Å². The normalized spacial score (nSPS) is 11.5. The third-order valence-electron chi connectivity index (χ3n) is 12.4. The number of anilines is 3. The minimum atomic E-state index is -0.141. The molecule has 0 saturated carbocycles. The zero-order valence-electron chi connectivity index (χ0n) is 35.3. The van der Waals surface area contributed by atoms with Crippen molar-refractivity contribution >= 4 is 289 Å². The van der Waals surface area contributed by atoms with Crippen LogP contribution in [0.15, 0.2) is 83.3 Å². The van der Waals surface area contributed by atoms with Gasteiger partial charge in [-0.2, -0.15) is 0 Å². The number of hydrogen-bond acceptors (Lipinski definition) is 2. The number of hydrogen-bond donors (Lipinski definition) is 0. The summed E-state index contributed by atoms with van der Waals surface area (Å²) in [5.74, 6) is 0. The molecule has 66 heavy (non-hydrogen) atoms. The minimum Gasteiger partial charge on any atom is -0.455 e. The summed E-state index contributed by atoms with van der Waals surface area (Å²) in [6.45, 7) is 0. The molecular formula is C46H13B18NO. The number of furan rings is 1. The van der Waals surface area contributed by atoms with E-state index in [1.54, 1.807) is 11.0 Å². The molecule has 0 saturated heterocycles. The van der Waals surface area contributed by atoms with E-state index < -0.39 is 0 Å². The Balaban J connectivity index is 1.30. The van der Waals surface area contributed by atoms with E-state index in [0.29, 0.717) is 11.3 Å². The van der Waals surface area contributed by atoms with Crippen LogP contribution in [0.25, 0.3) is 66.1 Å². The first-order valence-electron chi connectivity index (χ1n) is 20.1. The Kier molecular flexibility index (Phi) is 11.7. The number of rotatable bonds is 6. The highest BCUT2D eigenvalue weighted by Crippen LogP contribution is 2.41. The standard InChI is InChI=1S/C46H13B18NO/c47-26-22(24-30(51)34(55)36(57)35(56)31(24)52)27(48)29(50)23(28(26)49)25-32(53)40(61)44(41(62)33(25)54)65(45-42(63)38(59)37(58)39(60)43(45)64)16-7-3-6-15(13-16)17-9-4-10-20-21(17)19-12-11-14-5-1-2-8-18(14)46(19)66-20/h1-13H. The molecule has 262 valence electrons. The number of benzene rings is 8.